The smallest absolute Gasteiger partial charge is 0.122 e. The van der Waals surface area contributed by atoms with Crippen LogP contribution in [-0.4, -0.2) is 13.2 Å². The third kappa shape index (κ3) is 3.37. The minimum absolute atomic E-state index is 0.650. The number of hydrogen-bond acceptors (Lipinski definition) is 3. The van der Waals surface area contributed by atoms with Crippen molar-refractivity contribution in [1.29, 1.82) is 0 Å². The summed E-state index contributed by atoms with van der Waals surface area (Å²) >= 11 is 0. The normalized spacial score (nSPS) is 12.8. The first-order valence-electron chi connectivity index (χ1n) is 7.51. The Balaban J connectivity index is 1.67. The maximum Gasteiger partial charge on any atom is 0.122 e. The molecule has 1 heterocycles. The van der Waals surface area contributed by atoms with Gasteiger partial charge in [-0.15, -0.1) is 0 Å². The van der Waals surface area contributed by atoms with Crippen LogP contribution in [0.5, 0.6) is 5.75 Å². The van der Waals surface area contributed by atoms with E-state index in [1.54, 1.807) is 0 Å². The van der Waals surface area contributed by atoms with Crippen molar-refractivity contribution in [3.05, 3.63) is 59.2 Å². The fourth-order valence-electron chi connectivity index (χ4n) is 2.58. The van der Waals surface area contributed by atoms with Gasteiger partial charge in [0.1, 0.15) is 5.75 Å². The average molecular weight is 283 g/mol. The second-order valence-electron chi connectivity index (χ2n) is 5.19. The van der Waals surface area contributed by atoms with Crippen LogP contribution in [0.4, 0.5) is 5.69 Å². The lowest BCUT2D eigenvalue weighted by atomic mass is 10.1. The molecule has 3 nitrogen and oxygen atoms in total. The van der Waals surface area contributed by atoms with Gasteiger partial charge in [-0.05, 0) is 30.2 Å². The SMILES string of the molecule is CCOCc1ccccc1NCc1ccc2c(c1)CCO2. The molecule has 0 saturated heterocycles. The quantitative estimate of drug-likeness (QED) is 0.875. The monoisotopic (exact) mass is 283 g/mol. The summed E-state index contributed by atoms with van der Waals surface area (Å²) in [5.74, 6) is 1.04. The molecular weight excluding hydrogens is 262 g/mol. The summed E-state index contributed by atoms with van der Waals surface area (Å²) < 4.78 is 11.1. The van der Waals surface area contributed by atoms with E-state index in [1.807, 2.05) is 19.1 Å². The average Bonchev–Trinajstić information content (AvgIpc) is 2.99. The van der Waals surface area contributed by atoms with Crippen molar-refractivity contribution in [2.45, 2.75) is 26.5 Å². The number of benzene rings is 2. The molecule has 1 N–H and O–H groups in total. The molecule has 0 saturated carbocycles. The maximum atomic E-state index is 5.54. The molecule has 1 aliphatic rings. The lowest BCUT2D eigenvalue weighted by Crippen LogP contribution is -2.04. The molecule has 0 aliphatic carbocycles. The van der Waals surface area contributed by atoms with Crippen molar-refractivity contribution >= 4 is 5.69 Å². The number of rotatable bonds is 6. The Kier molecular flexibility index (Phi) is 4.41. The van der Waals surface area contributed by atoms with E-state index in [0.717, 1.165) is 37.6 Å². The molecule has 0 bridgehead atoms. The largest absolute Gasteiger partial charge is 0.493 e. The van der Waals surface area contributed by atoms with Gasteiger partial charge in [-0.1, -0.05) is 30.3 Å². The zero-order chi connectivity index (χ0) is 14.5. The van der Waals surface area contributed by atoms with Gasteiger partial charge in [-0.25, -0.2) is 0 Å². The second-order valence-corrected chi connectivity index (χ2v) is 5.19. The summed E-state index contributed by atoms with van der Waals surface area (Å²) in [6.45, 7) is 5.03. The minimum Gasteiger partial charge on any atom is -0.493 e. The van der Waals surface area contributed by atoms with E-state index < -0.39 is 0 Å². The van der Waals surface area contributed by atoms with Crippen LogP contribution in [0.1, 0.15) is 23.6 Å². The summed E-state index contributed by atoms with van der Waals surface area (Å²) in [4.78, 5) is 0. The Hall–Kier alpha value is -2.00. The van der Waals surface area contributed by atoms with Crippen LogP contribution in [0.2, 0.25) is 0 Å². The van der Waals surface area contributed by atoms with Crippen molar-refractivity contribution in [3.63, 3.8) is 0 Å². The molecule has 0 radical (unpaired) electrons. The first-order valence-corrected chi connectivity index (χ1v) is 7.51. The van der Waals surface area contributed by atoms with Crippen LogP contribution >= 0.6 is 0 Å². The van der Waals surface area contributed by atoms with Crippen LogP contribution in [0.25, 0.3) is 0 Å². The molecule has 21 heavy (non-hydrogen) atoms. The van der Waals surface area contributed by atoms with Crippen molar-refractivity contribution in [2.75, 3.05) is 18.5 Å². The van der Waals surface area contributed by atoms with Gasteiger partial charge < -0.3 is 14.8 Å². The first-order chi connectivity index (χ1) is 10.4. The van der Waals surface area contributed by atoms with Gasteiger partial charge in [0.25, 0.3) is 0 Å². The Morgan fingerprint density at radius 3 is 3.00 bits per heavy atom. The van der Waals surface area contributed by atoms with Gasteiger partial charge in [0.15, 0.2) is 0 Å². The molecule has 110 valence electrons. The van der Waals surface area contributed by atoms with Gasteiger partial charge in [0.05, 0.1) is 13.2 Å². The molecule has 0 aromatic heterocycles. The third-order valence-electron chi connectivity index (χ3n) is 3.72. The van der Waals surface area contributed by atoms with Gasteiger partial charge in [0.2, 0.25) is 0 Å². The summed E-state index contributed by atoms with van der Waals surface area (Å²) in [5.41, 5.74) is 4.94. The molecule has 0 amide bonds. The van der Waals surface area contributed by atoms with E-state index in [2.05, 4.69) is 35.6 Å². The third-order valence-corrected chi connectivity index (χ3v) is 3.72. The van der Waals surface area contributed by atoms with Crippen molar-refractivity contribution < 1.29 is 9.47 Å². The molecule has 0 spiro atoms. The highest BCUT2D eigenvalue weighted by Crippen LogP contribution is 2.26. The number of para-hydroxylation sites is 1. The van der Waals surface area contributed by atoms with Crippen LogP contribution < -0.4 is 10.1 Å². The molecule has 0 unspecified atom stereocenters. The van der Waals surface area contributed by atoms with Crippen molar-refractivity contribution in [1.82, 2.24) is 0 Å². The fraction of sp³-hybridized carbons (Fsp3) is 0.333. The Morgan fingerprint density at radius 2 is 2.10 bits per heavy atom. The van der Waals surface area contributed by atoms with Gasteiger partial charge >= 0.3 is 0 Å². The number of ether oxygens (including phenoxy) is 2. The van der Waals surface area contributed by atoms with Gasteiger partial charge in [0, 0.05) is 30.8 Å². The van der Waals surface area contributed by atoms with Gasteiger partial charge in [-0.3, -0.25) is 0 Å². The van der Waals surface area contributed by atoms with E-state index in [0.29, 0.717) is 6.61 Å². The highest BCUT2D eigenvalue weighted by molar-refractivity contribution is 5.51. The zero-order valence-electron chi connectivity index (χ0n) is 12.4. The Morgan fingerprint density at radius 1 is 1.19 bits per heavy atom. The predicted octanol–water partition coefficient (Wildman–Crippen LogP) is 3.77. The molecule has 3 heteroatoms. The second kappa shape index (κ2) is 6.64. The highest BCUT2D eigenvalue weighted by Gasteiger charge is 2.11. The zero-order valence-corrected chi connectivity index (χ0v) is 12.4. The summed E-state index contributed by atoms with van der Waals surface area (Å²) in [7, 11) is 0. The first kappa shape index (κ1) is 14.0. The predicted molar refractivity (Wildman–Crippen MR) is 84.7 cm³/mol. The number of nitrogens with one attached hydrogen (secondary N) is 1. The van der Waals surface area contributed by atoms with Crippen LogP contribution in [0.3, 0.4) is 0 Å². The number of hydrogen-bond donors (Lipinski definition) is 1. The number of anilines is 1. The molecule has 2 aromatic rings. The lowest BCUT2D eigenvalue weighted by molar-refractivity contribution is 0.134. The summed E-state index contributed by atoms with van der Waals surface area (Å²) in [6, 6.07) is 14.7. The van der Waals surface area contributed by atoms with E-state index >= 15 is 0 Å². The van der Waals surface area contributed by atoms with Crippen molar-refractivity contribution in [3.8, 4) is 5.75 Å². The minimum atomic E-state index is 0.650. The summed E-state index contributed by atoms with van der Waals surface area (Å²) in [5, 5.41) is 3.51. The van der Waals surface area contributed by atoms with Crippen LogP contribution in [0.15, 0.2) is 42.5 Å². The number of fused-ring (bicyclic) bond motifs is 1. The van der Waals surface area contributed by atoms with E-state index in [4.69, 9.17) is 9.47 Å². The molecular formula is C18H21NO2. The van der Waals surface area contributed by atoms with Crippen LogP contribution in [-0.2, 0) is 24.3 Å². The molecule has 1 aliphatic heterocycles. The van der Waals surface area contributed by atoms with E-state index in [-0.39, 0.29) is 0 Å². The lowest BCUT2D eigenvalue weighted by Gasteiger charge is -2.12. The molecule has 2 aromatic carbocycles. The van der Waals surface area contributed by atoms with Crippen LogP contribution in [0, 0.1) is 0 Å². The molecule has 0 atom stereocenters. The highest BCUT2D eigenvalue weighted by atomic mass is 16.5. The topological polar surface area (TPSA) is 30.5 Å². The Bertz CT molecular complexity index is 610. The Labute approximate surface area is 125 Å². The fourth-order valence-corrected chi connectivity index (χ4v) is 2.58. The molecule has 0 fully saturated rings. The van der Waals surface area contributed by atoms with E-state index in [9.17, 15) is 0 Å². The van der Waals surface area contributed by atoms with Gasteiger partial charge in [-0.2, -0.15) is 0 Å². The standard InChI is InChI=1S/C18H21NO2/c1-2-20-13-16-5-3-4-6-17(16)19-12-14-7-8-18-15(11-14)9-10-21-18/h3-8,11,19H,2,9-10,12-13H2,1H3. The van der Waals surface area contributed by atoms with Crippen molar-refractivity contribution in [2.24, 2.45) is 0 Å². The summed E-state index contributed by atoms with van der Waals surface area (Å²) in [6.07, 6.45) is 1.02. The van der Waals surface area contributed by atoms with E-state index in [1.165, 1.54) is 16.7 Å². The maximum absolute atomic E-state index is 5.54. The molecule has 3 rings (SSSR count).